The minimum atomic E-state index is -0.528. The number of carbonyl (C=O) groups excluding carboxylic acids is 3. The van der Waals surface area contributed by atoms with E-state index in [1.165, 1.54) is 20.8 Å². The van der Waals surface area contributed by atoms with Crippen molar-refractivity contribution >= 4 is 52.7 Å². The molecule has 132 valence electrons. The highest BCUT2D eigenvalue weighted by molar-refractivity contribution is 6.41. The highest BCUT2D eigenvalue weighted by Crippen LogP contribution is 2.39. The molecule has 0 aliphatic heterocycles. The van der Waals surface area contributed by atoms with Crippen LogP contribution in [0.4, 0.5) is 0 Å². The van der Waals surface area contributed by atoms with Crippen LogP contribution in [-0.2, 0) is 48.4 Å². The molecule has 1 aromatic rings. The molecule has 24 heavy (non-hydrogen) atoms. The van der Waals surface area contributed by atoms with Gasteiger partial charge in [-0.2, -0.15) is 0 Å². The molecular weight excluding hydrogens is 383 g/mol. The molecule has 0 aliphatic carbocycles. The first-order valence-corrected chi connectivity index (χ1v) is 7.85. The molecule has 0 radical (unpaired) electrons. The van der Waals surface area contributed by atoms with Crippen LogP contribution >= 0.6 is 34.8 Å². The van der Waals surface area contributed by atoms with Gasteiger partial charge in [0, 0.05) is 37.5 Å². The van der Waals surface area contributed by atoms with Crippen LogP contribution in [0.15, 0.2) is 0 Å². The van der Waals surface area contributed by atoms with E-state index in [1.54, 1.807) is 0 Å². The summed E-state index contributed by atoms with van der Waals surface area (Å²) in [5.74, 6) is -1.58. The minimum Gasteiger partial charge on any atom is -0.461 e. The lowest BCUT2D eigenvalue weighted by Crippen LogP contribution is -2.09. The molecule has 6 nitrogen and oxygen atoms in total. The molecule has 0 spiro atoms. The molecule has 0 N–H and O–H groups in total. The van der Waals surface area contributed by atoms with E-state index in [4.69, 9.17) is 49.0 Å². The van der Waals surface area contributed by atoms with Gasteiger partial charge in [-0.3, -0.25) is 14.4 Å². The quantitative estimate of drug-likeness (QED) is 0.536. The maximum Gasteiger partial charge on any atom is 0.302 e. The average molecular weight is 398 g/mol. The second kappa shape index (κ2) is 9.11. The summed E-state index contributed by atoms with van der Waals surface area (Å²) in [5, 5.41) is 0.331. The molecule has 0 heterocycles. The van der Waals surface area contributed by atoms with Crippen molar-refractivity contribution in [1.82, 2.24) is 0 Å². The molecule has 0 fully saturated rings. The fraction of sp³-hybridized carbons (Fsp3) is 0.400. The Bertz CT molecular complexity index is 560. The molecule has 0 amide bonds. The summed E-state index contributed by atoms with van der Waals surface area (Å²) in [6, 6.07) is 0. The Morgan fingerprint density at radius 2 is 0.833 bits per heavy atom. The standard InChI is InChI=1S/C15H15Cl3O6/c1-7(19)22-4-10-13(16)11(5-23-8(2)20)15(18)12(14(10)17)6-24-9(3)21/h4-6H2,1-3H3. The van der Waals surface area contributed by atoms with Crippen molar-refractivity contribution < 1.29 is 28.6 Å². The zero-order chi connectivity index (χ0) is 18.4. The Labute approximate surface area is 153 Å². The Balaban J connectivity index is 3.36. The van der Waals surface area contributed by atoms with Crippen molar-refractivity contribution in [2.75, 3.05) is 0 Å². The van der Waals surface area contributed by atoms with Gasteiger partial charge in [-0.1, -0.05) is 34.8 Å². The summed E-state index contributed by atoms with van der Waals surface area (Å²) in [4.78, 5) is 33.1. The Hall–Kier alpha value is -1.50. The zero-order valence-electron chi connectivity index (χ0n) is 13.2. The number of halogens is 3. The summed E-state index contributed by atoms with van der Waals surface area (Å²) in [6.07, 6.45) is 0. The number of hydrogen-bond acceptors (Lipinski definition) is 6. The number of esters is 3. The highest BCUT2D eigenvalue weighted by Gasteiger charge is 2.23. The van der Waals surface area contributed by atoms with Crippen LogP contribution in [0, 0.1) is 0 Å². The summed E-state index contributed by atoms with van der Waals surface area (Å²) in [7, 11) is 0. The van der Waals surface area contributed by atoms with Gasteiger partial charge in [-0.05, 0) is 0 Å². The van der Waals surface area contributed by atoms with Crippen LogP contribution < -0.4 is 0 Å². The first kappa shape index (κ1) is 20.5. The molecular formula is C15H15Cl3O6. The minimum absolute atomic E-state index is 0.110. The molecule has 0 aliphatic rings. The summed E-state index contributed by atoms with van der Waals surface area (Å²) >= 11 is 18.8. The molecule has 0 aromatic heterocycles. The fourth-order valence-electron chi connectivity index (χ4n) is 1.74. The molecule has 0 unspecified atom stereocenters. The lowest BCUT2D eigenvalue weighted by Gasteiger charge is -2.18. The van der Waals surface area contributed by atoms with E-state index >= 15 is 0 Å². The Kier molecular flexibility index (Phi) is 7.79. The van der Waals surface area contributed by atoms with Gasteiger partial charge in [0.05, 0.1) is 15.1 Å². The van der Waals surface area contributed by atoms with Crippen molar-refractivity contribution in [2.24, 2.45) is 0 Å². The van der Waals surface area contributed by atoms with Crippen molar-refractivity contribution in [3.05, 3.63) is 31.8 Å². The van der Waals surface area contributed by atoms with Crippen LogP contribution in [0.25, 0.3) is 0 Å². The van der Waals surface area contributed by atoms with Gasteiger partial charge in [-0.25, -0.2) is 0 Å². The third-order valence-corrected chi connectivity index (χ3v) is 4.22. The monoisotopic (exact) mass is 396 g/mol. The van der Waals surface area contributed by atoms with Crippen molar-refractivity contribution in [1.29, 1.82) is 0 Å². The van der Waals surface area contributed by atoms with Crippen LogP contribution in [0.3, 0.4) is 0 Å². The third-order valence-electron chi connectivity index (χ3n) is 2.85. The van der Waals surface area contributed by atoms with Crippen LogP contribution in [0.2, 0.25) is 15.1 Å². The number of hydrogen-bond donors (Lipinski definition) is 0. The Morgan fingerprint density at radius 1 is 0.625 bits per heavy atom. The Morgan fingerprint density at radius 3 is 1.00 bits per heavy atom. The van der Waals surface area contributed by atoms with E-state index in [0.29, 0.717) is 0 Å². The van der Waals surface area contributed by atoms with Crippen molar-refractivity contribution in [2.45, 2.75) is 40.6 Å². The first-order chi connectivity index (χ1) is 11.1. The van der Waals surface area contributed by atoms with Crippen molar-refractivity contribution in [3.8, 4) is 0 Å². The molecule has 0 saturated carbocycles. The fourth-order valence-corrected chi connectivity index (χ4v) is 2.78. The lowest BCUT2D eigenvalue weighted by molar-refractivity contribution is -0.142. The lowest BCUT2D eigenvalue weighted by atomic mass is 10.1. The summed E-state index contributed by atoms with van der Waals surface area (Å²) in [6.45, 7) is 3.09. The van der Waals surface area contributed by atoms with Crippen molar-refractivity contribution in [3.63, 3.8) is 0 Å². The van der Waals surface area contributed by atoms with E-state index in [1.807, 2.05) is 0 Å². The van der Waals surface area contributed by atoms with E-state index in [9.17, 15) is 14.4 Å². The SMILES string of the molecule is CC(=O)OCc1c(Cl)c(COC(C)=O)c(Cl)c(COC(C)=O)c1Cl. The smallest absolute Gasteiger partial charge is 0.302 e. The molecule has 1 rings (SSSR count). The number of carbonyl (C=O) groups is 3. The van der Waals surface area contributed by atoms with E-state index in [2.05, 4.69) is 0 Å². The molecule has 9 heteroatoms. The molecule has 0 bridgehead atoms. The van der Waals surface area contributed by atoms with Gasteiger partial charge in [-0.15, -0.1) is 0 Å². The number of ether oxygens (including phenoxy) is 3. The molecule has 1 aromatic carbocycles. The largest absolute Gasteiger partial charge is 0.461 e. The second-order valence-electron chi connectivity index (χ2n) is 4.72. The summed E-state index contributed by atoms with van der Waals surface area (Å²) in [5.41, 5.74) is 0.840. The van der Waals surface area contributed by atoms with Gasteiger partial charge < -0.3 is 14.2 Å². The topological polar surface area (TPSA) is 78.9 Å². The normalized spacial score (nSPS) is 10.2. The van der Waals surface area contributed by atoms with E-state index in [-0.39, 0.29) is 51.6 Å². The van der Waals surface area contributed by atoms with Gasteiger partial charge in [0.25, 0.3) is 0 Å². The van der Waals surface area contributed by atoms with Gasteiger partial charge >= 0.3 is 17.9 Å². The highest BCUT2D eigenvalue weighted by atomic mass is 35.5. The summed E-state index contributed by atoms with van der Waals surface area (Å²) < 4.78 is 14.8. The first-order valence-electron chi connectivity index (χ1n) is 6.72. The number of benzene rings is 1. The zero-order valence-corrected chi connectivity index (χ0v) is 15.5. The van der Waals surface area contributed by atoms with Crippen LogP contribution in [0.5, 0.6) is 0 Å². The number of rotatable bonds is 6. The second-order valence-corrected chi connectivity index (χ2v) is 5.85. The molecule has 0 atom stereocenters. The predicted octanol–water partition coefficient (Wildman–Crippen LogP) is 3.84. The van der Waals surface area contributed by atoms with Gasteiger partial charge in [0.2, 0.25) is 0 Å². The van der Waals surface area contributed by atoms with Crippen LogP contribution in [0.1, 0.15) is 37.5 Å². The van der Waals surface area contributed by atoms with Gasteiger partial charge in [0.1, 0.15) is 19.8 Å². The van der Waals surface area contributed by atoms with Gasteiger partial charge in [0.15, 0.2) is 0 Å². The van der Waals surface area contributed by atoms with Crippen LogP contribution in [-0.4, -0.2) is 17.9 Å². The predicted molar refractivity (Wildman–Crippen MR) is 87.9 cm³/mol. The van der Waals surface area contributed by atoms with E-state index in [0.717, 1.165) is 0 Å². The maximum absolute atomic E-state index is 11.0. The van der Waals surface area contributed by atoms with E-state index < -0.39 is 17.9 Å². The third kappa shape index (κ3) is 5.54. The average Bonchev–Trinajstić information content (AvgIpc) is 2.45. The molecule has 0 saturated heterocycles. The maximum atomic E-state index is 11.0.